The molecule has 0 unspecified atom stereocenters. The van der Waals surface area contributed by atoms with E-state index in [1.807, 2.05) is 0 Å². The molecule has 6 heteroatoms. The minimum atomic E-state index is -0.577. The Bertz CT molecular complexity index is 646. The third-order valence-electron chi connectivity index (χ3n) is 2.56. The van der Waals surface area contributed by atoms with Crippen molar-refractivity contribution in [2.24, 2.45) is 5.73 Å². The predicted octanol–water partition coefficient (Wildman–Crippen LogP) is 2.90. The van der Waals surface area contributed by atoms with E-state index in [0.29, 0.717) is 5.69 Å². The Morgan fingerprint density at radius 2 is 1.95 bits per heavy atom. The lowest BCUT2D eigenvalue weighted by atomic mass is 10.1. The van der Waals surface area contributed by atoms with Gasteiger partial charge in [-0.25, -0.2) is 4.39 Å². The number of anilines is 3. The highest BCUT2D eigenvalue weighted by Gasteiger charge is 2.09. The molecular weight excluding hydrogens is 269 g/mol. The van der Waals surface area contributed by atoms with Gasteiger partial charge in [0, 0.05) is 5.56 Å². The molecule has 5 N–H and O–H groups in total. The normalized spacial score (nSPS) is 10.2. The number of nitrogens with one attached hydrogen (secondary N) is 1. The highest BCUT2D eigenvalue weighted by Crippen LogP contribution is 2.28. The maximum Gasteiger partial charge on any atom is 0.248 e. The van der Waals surface area contributed by atoms with Crippen LogP contribution in [-0.4, -0.2) is 5.91 Å². The van der Waals surface area contributed by atoms with Crippen LogP contribution >= 0.6 is 11.6 Å². The molecule has 0 fully saturated rings. The van der Waals surface area contributed by atoms with Gasteiger partial charge in [-0.05, 0) is 30.3 Å². The summed E-state index contributed by atoms with van der Waals surface area (Å²) in [5.41, 5.74) is 12.1. The summed E-state index contributed by atoms with van der Waals surface area (Å²) < 4.78 is 13.7. The van der Waals surface area contributed by atoms with Gasteiger partial charge < -0.3 is 16.8 Å². The highest BCUT2D eigenvalue weighted by atomic mass is 35.5. The van der Waals surface area contributed by atoms with Crippen LogP contribution in [0.1, 0.15) is 10.4 Å². The number of amides is 1. The molecule has 1 amide bonds. The van der Waals surface area contributed by atoms with Crippen LogP contribution in [0.3, 0.4) is 0 Å². The molecular formula is C13H11ClFN3O. The zero-order valence-corrected chi connectivity index (χ0v) is 10.5. The first-order valence-corrected chi connectivity index (χ1v) is 5.77. The van der Waals surface area contributed by atoms with Gasteiger partial charge in [-0.2, -0.15) is 0 Å². The standard InChI is InChI=1S/C13H11ClFN3O/c14-8-2-1-3-11(12(8)15)18-10-5-4-7(13(17)19)6-9(10)16/h1-6,18H,16H2,(H2,17,19). The lowest BCUT2D eigenvalue weighted by Gasteiger charge is -2.11. The molecule has 0 aliphatic carbocycles. The van der Waals surface area contributed by atoms with Gasteiger partial charge in [0.15, 0.2) is 5.82 Å². The van der Waals surface area contributed by atoms with Crippen molar-refractivity contribution in [3.63, 3.8) is 0 Å². The third-order valence-corrected chi connectivity index (χ3v) is 2.85. The van der Waals surface area contributed by atoms with E-state index in [0.717, 1.165) is 0 Å². The van der Waals surface area contributed by atoms with Gasteiger partial charge in [-0.15, -0.1) is 0 Å². The number of hydrogen-bond donors (Lipinski definition) is 3. The Morgan fingerprint density at radius 1 is 1.21 bits per heavy atom. The Hall–Kier alpha value is -2.27. The predicted molar refractivity (Wildman–Crippen MR) is 74.1 cm³/mol. The van der Waals surface area contributed by atoms with Gasteiger partial charge in [0.2, 0.25) is 5.91 Å². The molecule has 4 nitrogen and oxygen atoms in total. The first kappa shape index (κ1) is 13.2. The van der Waals surface area contributed by atoms with Crippen molar-refractivity contribution in [3.8, 4) is 0 Å². The molecule has 2 aromatic rings. The van der Waals surface area contributed by atoms with Crippen molar-refractivity contribution in [1.29, 1.82) is 0 Å². The van der Waals surface area contributed by atoms with Gasteiger partial charge in [-0.1, -0.05) is 17.7 Å². The number of rotatable bonds is 3. The summed E-state index contributed by atoms with van der Waals surface area (Å²) in [7, 11) is 0. The number of nitrogen functional groups attached to an aromatic ring is 1. The Labute approximate surface area is 114 Å². The molecule has 0 spiro atoms. The second-order valence-corrected chi connectivity index (χ2v) is 4.30. The number of carbonyl (C=O) groups is 1. The fourth-order valence-electron chi connectivity index (χ4n) is 1.58. The lowest BCUT2D eigenvalue weighted by molar-refractivity contribution is 0.100. The van der Waals surface area contributed by atoms with Crippen LogP contribution in [0.4, 0.5) is 21.5 Å². The average molecular weight is 280 g/mol. The van der Waals surface area contributed by atoms with E-state index >= 15 is 0 Å². The molecule has 0 aliphatic rings. The molecule has 0 radical (unpaired) electrons. The minimum absolute atomic E-state index is 0.0114. The molecule has 0 bridgehead atoms. The first-order valence-electron chi connectivity index (χ1n) is 5.39. The summed E-state index contributed by atoms with van der Waals surface area (Å²) in [5, 5.41) is 2.82. The number of primary amides is 1. The Balaban J connectivity index is 2.34. The Morgan fingerprint density at radius 3 is 2.58 bits per heavy atom. The van der Waals surface area contributed by atoms with Crippen molar-refractivity contribution < 1.29 is 9.18 Å². The molecule has 19 heavy (non-hydrogen) atoms. The fraction of sp³-hybridized carbons (Fsp3) is 0. The summed E-state index contributed by atoms with van der Waals surface area (Å²) >= 11 is 5.68. The second kappa shape index (κ2) is 5.16. The van der Waals surface area contributed by atoms with E-state index in [9.17, 15) is 9.18 Å². The molecule has 0 aliphatic heterocycles. The van der Waals surface area contributed by atoms with E-state index < -0.39 is 11.7 Å². The zero-order chi connectivity index (χ0) is 14.0. The number of nitrogens with two attached hydrogens (primary N) is 2. The van der Waals surface area contributed by atoms with Crippen LogP contribution in [0, 0.1) is 5.82 Å². The van der Waals surface area contributed by atoms with Crippen molar-refractivity contribution in [2.45, 2.75) is 0 Å². The van der Waals surface area contributed by atoms with Gasteiger partial charge in [0.05, 0.1) is 22.1 Å². The van der Waals surface area contributed by atoms with E-state index in [2.05, 4.69) is 5.32 Å². The second-order valence-electron chi connectivity index (χ2n) is 3.89. The maximum atomic E-state index is 13.7. The van der Waals surface area contributed by atoms with Crippen LogP contribution in [0.5, 0.6) is 0 Å². The van der Waals surface area contributed by atoms with Crippen LogP contribution in [0.25, 0.3) is 0 Å². The van der Waals surface area contributed by atoms with Gasteiger partial charge in [0.1, 0.15) is 0 Å². The third kappa shape index (κ3) is 2.77. The van der Waals surface area contributed by atoms with Crippen LogP contribution in [0.15, 0.2) is 36.4 Å². The van der Waals surface area contributed by atoms with E-state index in [4.69, 9.17) is 23.1 Å². The molecule has 0 aromatic heterocycles. The summed E-state index contributed by atoms with van der Waals surface area (Å²) in [6.07, 6.45) is 0. The molecule has 2 aromatic carbocycles. The van der Waals surface area contributed by atoms with Crippen LogP contribution < -0.4 is 16.8 Å². The van der Waals surface area contributed by atoms with Crippen molar-refractivity contribution >= 4 is 34.6 Å². The van der Waals surface area contributed by atoms with E-state index in [1.54, 1.807) is 12.1 Å². The SMILES string of the molecule is NC(=O)c1ccc(Nc2cccc(Cl)c2F)c(N)c1. The monoisotopic (exact) mass is 279 g/mol. The zero-order valence-electron chi connectivity index (χ0n) is 9.78. The molecule has 2 rings (SSSR count). The number of carbonyl (C=O) groups excluding carboxylic acids is 1. The average Bonchev–Trinajstić information content (AvgIpc) is 2.37. The highest BCUT2D eigenvalue weighted by molar-refractivity contribution is 6.31. The van der Waals surface area contributed by atoms with Gasteiger partial charge in [-0.3, -0.25) is 4.79 Å². The lowest BCUT2D eigenvalue weighted by Crippen LogP contribution is -2.11. The molecule has 0 saturated heterocycles. The number of halogens is 2. The summed E-state index contributed by atoms with van der Waals surface area (Å²) in [5.74, 6) is -1.14. The van der Waals surface area contributed by atoms with Crippen LogP contribution in [-0.2, 0) is 0 Å². The number of hydrogen-bond acceptors (Lipinski definition) is 3. The Kier molecular flexibility index (Phi) is 3.57. The smallest absolute Gasteiger partial charge is 0.248 e. The molecule has 0 heterocycles. The topological polar surface area (TPSA) is 81.1 Å². The summed E-state index contributed by atoms with van der Waals surface area (Å²) in [6.45, 7) is 0. The molecule has 98 valence electrons. The van der Waals surface area contributed by atoms with Crippen LogP contribution in [0.2, 0.25) is 5.02 Å². The minimum Gasteiger partial charge on any atom is -0.397 e. The van der Waals surface area contributed by atoms with E-state index in [-0.39, 0.29) is 22.0 Å². The van der Waals surface area contributed by atoms with Crippen molar-refractivity contribution in [2.75, 3.05) is 11.1 Å². The molecule has 0 saturated carbocycles. The quantitative estimate of drug-likeness (QED) is 0.756. The van der Waals surface area contributed by atoms with Gasteiger partial charge >= 0.3 is 0 Å². The fourth-order valence-corrected chi connectivity index (χ4v) is 1.75. The van der Waals surface area contributed by atoms with Crippen molar-refractivity contribution in [1.82, 2.24) is 0 Å². The first-order chi connectivity index (χ1) is 8.99. The summed E-state index contributed by atoms with van der Waals surface area (Å²) in [4.78, 5) is 11.0. The van der Waals surface area contributed by atoms with E-state index in [1.165, 1.54) is 24.3 Å². The van der Waals surface area contributed by atoms with Crippen molar-refractivity contribution in [3.05, 3.63) is 52.8 Å². The number of benzene rings is 2. The summed E-state index contributed by atoms with van der Waals surface area (Å²) in [6, 6.07) is 9.07. The largest absolute Gasteiger partial charge is 0.397 e. The molecule has 0 atom stereocenters. The van der Waals surface area contributed by atoms with Gasteiger partial charge in [0.25, 0.3) is 0 Å². The maximum absolute atomic E-state index is 13.7.